The van der Waals surface area contributed by atoms with Crippen LogP contribution in [0.1, 0.15) is 23.6 Å². The van der Waals surface area contributed by atoms with Crippen molar-refractivity contribution in [2.45, 2.75) is 19.1 Å². The molecule has 5 nitrogen and oxygen atoms in total. The van der Waals surface area contributed by atoms with Gasteiger partial charge in [-0.25, -0.2) is 4.79 Å². The fourth-order valence-corrected chi connectivity index (χ4v) is 2.21. The summed E-state index contributed by atoms with van der Waals surface area (Å²) in [5, 5.41) is 3.11. The highest BCUT2D eigenvalue weighted by atomic mass is 35.5. The van der Waals surface area contributed by atoms with Gasteiger partial charge in [0.2, 0.25) is 0 Å². The molecule has 2 aromatic carbocycles. The third-order valence-electron chi connectivity index (χ3n) is 3.20. The normalized spacial score (nSPS) is 11.5. The maximum Gasteiger partial charge on any atom is 0.312 e. The molecular formula is C17H17ClN2O3. The van der Waals surface area contributed by atoms with E-state index in [4.69, 9.17) is 22.1 Å². The molecule has 2 rings (SSSR count). The van der Waals surface area contributed by atoms with Gasteiger partial charge < -0.3 is 15.8 Å². The van der Waals surface area contributed by atoms with Crippen LogP contribution < -0.4 is 11.1 Å². The van der Waals surface area contributed by atoms with Crippen molar-refractivity contribution in [3.63, 3.8) is 0 Å². The van der Waals surface area contributed by atoms with Crippen LogP contribution in [0.4, 0.5) is 4.79 Å². The molecule has 3 N–H and O–H groups in total. The van der Waals surface area contributed by atoms with E-state index in [-0.39, 0.29) is 13.0 Å². The SMILES string of the molecule is NC(=O)N[C@H](CC(=O)OCc1ccccc1)c1ccc(Cl)cc1. The molecule has 2 amide bonds. The first-order chi connectivity index (χ1) is 11.0. The second kappa shape index (κ2) is 8.19. The lowest BCUT2D eigenvalue weighted by Crippen LogP contribution is -2.34. The monoisotopic (exact) mass is 332 g/mol. The van der Waals surface area contributed by atoms with Crippen molar-refractivity contribution in [3.05, 3.63) is 70.7 Å². The first kappa shape index (κ1) is 16.8. The number of benzene rings is 2. The molecule has 0 radical (unpaired) electrons. The molecule has 6 heteroatoms. The van der Waals surface area contributed by atoms with Crippen LogP contribution in [0.5, 0.6) is 0 Å². The van der Waals surface area contributed by atoms with Gasteiger partial charge in [-0.05, 0) is 23.3 Å². The number of urea groups is 1. The maximum absolute atomic E-state index is 12.0. The lowest BCUT2D eigenvalue weighted by atomic mass is 10.0. The van der Waals surface area contributed by atoms with Crippen molar-refractivity contribution < 1.29 is 14.3 Å². The lowest BCUT2D eigenvalue weighted by molar-refractivity contribution is -0.145. The molecule has 1 atom stereocenters. The molecule has 2 aromatic rings. The molecule has 0 fully saturated rings. The minimum atomic E-state index is -0.708. The number of ether oxygens (including phenoxy) is 1. The molecule has 0 spiro atoms. The number of rotatable bonds is 6. The first-order valence-corrected chi connectivity index (χ1v) is 7.43. The number of esters is 1. The predicted octanol–water partition coefficient (Wildman–Crippen LogP) is 3.18. The number of halogens is 1. The van der Waals surface area contributed by atoms with Gasteiger partial charge in [-0.1, -0.05) is 54.1 Å². The third-order valence-corrected chi connectivity index (χ3v) is 3.45. The molecule has 23 heavy (non-hydrogen) atoms. The Kier molecular flexibility index (Phi) is 6.00. The van der Waals surface area contributed by atoms with E-state index in [2.05, 4.69) is 5.32 Å². The second-order valence-corrected chi connectivity index (χ2v) is 5.40. The van der Waals surface area contributed by atoms with E-state index in [0.717, 1.165) is 11.1 Å². The van der Waals surface area contributed by atoms with Gasteiger partial charge in [0.05, 0.1) is 12.5 Å². The second-order valence-electron chi connectivity index (χ2n) is 4.96. The fourth-order valence-electron chi connectivity index (χ4n) is 2.08. The Bertz CT molecular complexity index is 659. The predicted molar refractivity (Wildman–Crippen MR) is 87.8 cm³/mol. The van der Waals surface area contributed by atoms with Gasteiger partial charge in [0.15, 0.2) is 0 Å². The average molecular weight is 333 g/mol. The smallest absolute Gasteiger partial charge is 0.312 e. The van der Waals surface area contributed by atoms with Crippen molar-refractivity contribution in [3.8, 4) is 0 Å². The fraction of sp³-hybridized carbons (Fsp3) is 0.176. The van der Waals surface area contributed by atoms with Crippen LogP contribution in [0, 0.1) is 0 Å². The van der Waals surface area contributed by atoms with Crippen LogP contribution >= 0.6 is 11.6 Å². The Morgan fingerprint density at radius 2 is 1.74 bits per heavy atom. The molecule has 0 aliphatic heterocycles. The number of carbonyl (C=O) groups is 2. The zero-order chi connectivity index (χ0) is 16.7. The lowest BCUT2D eigenvalue weighted by Gasteiger charge is -2.17. The number of nitrogens with one attached hydrogen (secondary N) is 1. The van der Waals surface area contributed by atoms with Gasteiger partial charge >= 0.3 is 12.0 Å². The van der Waals surface area contributed by atoms with E-state index >= 15 is 0 Å². The molecular weight excluding hydrogens is 316 g/mol. The van der Waals surface area contributed by atoms with Crippen molar-refractivity contribution in [1.82, 2.24) is 5.32 Å². The van der Waals surface area contributed by atoms with Crippen molar-refractivity contribution in [2.75, 3.05) is 0 Å². The van der Waals surface area contributed by atoms with Gasteiger partial charge in [-0.2, -0.15) is 0 Å². The minimum absolute atomic E-state index is 0.0165. The van der Waals surface area contributed by atoms with E-state index in [1.165, 1.54) is 0 Å². The van der Waals surface area contributed by atoms with Crippen LogP contribution in [0.3, 0.4) is 0 Å². The number of hydrogen-bond acceptors (Lipinski definition) is 3. The Morgan fingerprint density at radius 3 is 2.35 bits per heavy atom. The summed E-state index contributed by atoms with van der Waals surface area (Å²) in [5.74, 6) is -0.428. The van der Waals surface area contributed by atoms with Gasteiger partial charge in [0, 0.05) is 5.02 Å². The van der Waals surface area contributed by atoms with Crippen LogP contribution in [0.15, 0.2) is 54.6 Å². The van der Waals surface area contributed by atoms with E-state index in [1.807, 2.05) is 30.3 Å². The first-order valence-electron chi connectivity index (χ1n) is 7.05. The Balaban J connectivity index is 1.98. The summed E-state index contributed by atoms with van der Waals surface area (Å²) in [6.07, 6.45) is -0.0165. The summed E-state index contributed by atoms with van der Waals surface area (Å²) in [4.78, 5) is 23.2. The molecule has 0 saturated carbocycles. The topological polar surface area (TPSA) is 81.4 Å². The van der Waals surface area contributed by atoms with Gasteiger partial charge in [-0.3, -0.25) is 4.79 Å². The summed E-state index contributed by atoms with van der Waals surface area (Å²) < 4.78 is 5.23. The highest BCUT2D eigenvalue weighted by molar-refractivity contribution is 6.30. The van der Waals surface area contributed by atoms with Crippen LogP contribution in [-0.4, -0.2) is 12.0 Å². The number of hydrogen-bond donors (Lipinski definition) is 2. The van der Waals surface area contributed by atoms with Crippen molar-refractivity contribution >= 4 is 23.6 Å². The van der Waals surface area contributed by atoms with Gasteiger partial charge in [0.25, 0.3) is 0 Å². The zero-order valence-corrected chi connectivity index (χ0v) is 13.1. The quantitative estimate of drug-likeness (QED) is 0.797. The van der Waals surface area contributed by atoms with Crippen LogP contribution in [0.25, 0.3) is 0 Å². The number of carbonyl (C=O) groups excluding carboxylic acids is 2. The van der Waals surface area contributed by atoms with E-state index in [0.29, 0.717) is 5.02 Å². The van der Waals surface area contributed by atoms with E-state index in [9.17, 15) is 9.59 Å². The molecule has 0 aliphatic rings. The summed E-state index contributed by atoms with van der Waals surface area (Å²) >= 11 is 5.84. The number of nitrogens with two attached hydrogens (primary N) is 1. The highest BCUT2D eigenvalue weighted by Gasteiger charge is 2.18. The zero-order valence-electron chi connectivity index (χ0n) is 12.4. The molecule has 0 bridgehead atoms. The highest BCUT2D eigenvalue weighted by Crippen LogP contribution is 2.20. The summed E-state index contributed by atoms with van der Waals surface area (Å²) in [5.41, 5.74) is 6.79. The Morgan fingerprint density at radius 1 is 1.09 bits per heavy atom. The molecule has 0 unspecified atom stereocenters. The van der Waals surface area contributed by atoms with Crippen molar-refractivity contribution in [2.24, 2.45) is 5.73 Å². The summed E-state index contributed by atoms with van der Waals surface area (Å²) in [6, 6.07) is 14.9. The third kappa shape index (κ3) is 5.64. The van der Waals surface area contributed by atoms with Gasteiger partial charge in [0.1, 0.15) is 6.61 Å². The molecule has 0 saturated heterocycles. The van der Waals surface area contributed by atoms with Crippen LogP contribution in [0.2, 0.25) is 5.02 Å². The van der Waals surface area contributed by atoms with E-state index in [1.54, 1.807) is 24.3 Å². The average Bonchev–Trinajstić information content (AvgIpc) is 2.53. The summed E-state index contributed by atoms with van der Waals surface area (Å²) in [6.45, 7) is 0.184. The number of primary amides is 1. The van der Waals surface area contributed by atoms with Crippen molar-refractivity contribution in [1.29, 1.82) is 0 Å². The molecule has 120 valence electrons. The Labute approximate surface area is 139 Å². The standard InChI is InChI=1S/C17H17ClN2O3/c18-14-8-6-13(7-9-14)15(20-17(19)22)10-16(21)23-11-12-4-2-1-3-5-12/h1-9,15H,10-11H2,(H3,19,20,22)/t15-/m1/s1. The number of amides is 2. The Hall–Kier alpha value is -2.53. The summed E-state index contributed by atoms with van der Waals surface area (Å²) in [7, 11) is 0. The largest absolute Gasteiger partial charge is 0.461 e. The van der Waals surface area contributed by atoms with E-state index < -0.39 is 18.0 Å². The van der Waals surface area contributed by atoms with Gasteiger partial charge in [-0.15, -0.1) is 0 Å². The van der Waals surface area contributed by atoms with Crippen LogP contribution in [-0.2, 0) is 16.1 Å². The molecule has 0 aromatic heterocycles. The maximum atomic E-state index is 12.0. The minimum Gasteiger partial charge on any atom is -0.461 e. The molecule has 0 aliphatic carbocycles. The molecule has 0 heterocycles.